The highest BCUT2D eigenvalue weighted by Gasteiger charge is 2.17. The van der Waals surface area contributed by atoms with Crippen molar-refractivity contribution < 1.29 is 8.81 Å². The van der Waals surface area contributed by atoms with Crippen LogP contribution in [0.15, 0.2) is 28.7 Å². The van der Waals surface area contributed by atoms with Crippen LogP contribution in [0.1, 0.15) is 28.7 Å². The summed E-state index contributed by atoms with van der Waals surface area (Å²) in [6.07, 6.45) is 0.565. The van der Waals surface area contributed by atoms with E-state index in [1.165, 1.54) is 12.1 Å². The van der Waals surface area contributed by atoms with Gasteiger partial charge in [0.2, 0.25) is 0 Å². The molecule has 0 bridgehead atoms. The number of halogens is 2. The zero-order valence-corrected chi connectivity index (χ0v) is 11.6. The molecule has 5 heteroatoms. The van der Waals surface area contributed by atoms with E-state index in [1.807, 2.05) is 19.9 Å². The van der Waals surface area contributed by atoms with Crippen LogP contribution in [0, 0.1) is 19.7 Å². The minimum absolute atomic E-state index is 0.125. The van der Waals surface area contributed by atoms with Crippen LogP contribution in [0.4, 0.5) is 4.39 Å². The van der Waals surface area contributed by atoms with Gasteiger partial charge in [0.05, 0.1) is 6.04 Å². The van der Waals surface area contributed by atoms with Gasteiger partial charge in [0.25, 0.3) is 0 Å². The Morgan fingerprint density at radius 1 is 1.37 bits per heavy atom. The lowest BCUT2D eigenvalue weighted by atomic mass is 9.99. The number of nitrogens with two attached hydrogens (primary N) is 1. The molecule has 1 aromatic carbocycles. The molecule has 0 aliphatic carbocycles. The third-order valence-electron chi connectivity index (χ3n) is 3.10. The first-order valence-electron chi connectivity index (χ1n) is 5.98. The van der Waals surface area contributed by atoms with Crippen molar-refractivity contribution in [2.24, 2.45) is 5.84 Å². The number of aryl methyl sites for hydroxylation is 2. The minimum atomic E-state index is -0.346. The summed E-state index contributed by atoms with van der Waals surface area (Å²) in [5, 5.41) is 0.401. The van der Waals surface area contributed by atoms with E-state index >= 15 is 0 Å². The van der Waals surface area contributed by atoms with Crippen molar-refractivity contribution in [2.45, 2.75) is 26.3 Å². The average Bonchev–Trinajstić information content (AvgIpc) is 2.68. The van der Waals surface area contributed by atoms with Gasteiger partial charge in [0.1, 0.15) is 17.3 Å². The fraction of sp³-hybridized carbons (Fsp3) is 0.286. The highest BCUT2D eigenvalue weighted by Crippen LogP contribution is 2.27. The Balaban J connectivity index is 2.26. The first-order chi connectivity index (χ1) is 9.01. The molecule has 1 heterocycles. The number of furan rings is 1. The molecule has 0 radical (unpaired) electrons. The minimum Gasteiger partial charge on any atom is -0.466 e. The third-order valence-corrected chi connectivity index (χ3v) is 3.45. The third kappa shape index (κ3) is 3.15. The summed E-state index contributed by atoms with van der Waals surface area (Å²) in [5.41, 5.74) is 4.57. The largest absolute Gasteiger partial charge is 0.466 e. The van der Waals surface area contributed by atoms with Crippen LogP contribution in [0.25, 0.3) is 0 Å². The van der Waals surface area contributed by atoms with Crippen LogP contribution in [0.5, 0.6) is 0 Å². The number of hydrogen-bond donors (Lipinski definition) is 2. The first-order valence-corrected chi connectivity index (χ1v) is 6.36. The van der Waals surface area contributed by atoms with Gasteiger partial charge in [-0.15, -0.1) is 0 Å². The summed E-state index contributed by atoms with van der Waals surface area (Å²) in [7, 11) is 0. The van der Waals surface area contributed by atoms with E-state index in [1.54, 1.807) is 6.07 Å². The Morgan fingerprint density at radius 3 is 2.63 bits per heavy atom. The van der Waals surface area contributed by atoms with E-state index in [0.29, 0.717) is 11.4 Å². The van der Waals surface area contributed by atoms with Crippen molar-refractivity contribution in [1.29, 1.82) is 0 Å². The molecule has 2 rings (SSSR count). The normalized spacial score (nSPS) is 12.7. The fourth-order valence-electron chi connectivity index (χ4n) is 2.16. The number of benzene rings is 1. The quantitative estimate of drug-likeness (QED) is 0.667. The molecule has 2 aromatic rings. The van der Waals surface area contributed by atoms with Crippen molar-refractivity contribution in [2.75, 3.05) is 0 Å². The molecule has 0 aliphatic rings. The van der Waals surface area contributed by atoms with E-state index in [9.17, 15) is 4.39 Å². The molecular formula is C14H16ClFN2O. The van der Waals surface area contributed by atoms with Crippen molar-refractivity contribution in [3.05, 3.63) is 57.8 Å². The second kappa shape index (κ2) is 5.74. The molecule has 0 saturated heterocycles. The van der Waals surface area contributed by atoms with E-state index in [0.717, 1.165) is 22.6 Å². The van der Waals surface area contributed by atoms with Gasteiger partial charge in [-0.25, -0.2) is 4.39 Å². The van der Waals surface area contributed by atoms with Crippen molar-refractivity contribution >= 4 is 11.6 Å². The number of hydrogen-bond acceptors (Lipinski definition) is 3. The average molecular weight is 283 g/mol. The second-order valence-electron chi connectivity index (χ2n) is 4.53. The standard InChI is InChI=1S/C14H16ClFN2O/c1-8-5-12(9(2)19-8)14(18-17)6-10-3-4-11(16)7-13(10)15/h3-5,7,14,18H,6,17H2,1-2H3. The van der Waals surface area contributed by atoms with Gasteiger partial charge < -0.3 is 4.42 Å². The van der Waals surface area contributed by atoms with Crippen LogP contribution >= 0.6 is 11.6 Å². The molecule has 0 spiro atoms. The van der Waals surface area contributed by atoms with E-state index in [4.69, 9.17) is 21.9 Å². The summed E-state index contributed by atoms with van der Waals surface area (Å²) < 4.78 is 18.5. The molecule has 1 aromatic heterocycles. The zero-order chi connectivity index (χ0) is 14.0. The molecule has 1 atom stereocenters. The molecular weight excluding hydrogens is 267 g/mol. The topological polar surface area (TPSA) is 51.2 Å². The van der Waals surface area contributed by atoms with Crippen LogP contribution in [-0.4, -0.2) is 0 Å². The molecule has 0 saturated carbocycles. The van der Waals surface area contributed by atoms with Gasteiger partial charge in [0.15, 0.2) is 0 Å². The lowest BCUT2D eigenvalue weighted by Crippen LogP contribution is -2.29. The predicted molar refractivity (Wildman–Crippen MR) is 73.4 cm³/mol. The Morgan fingerprint density at radius 2 is 2.11 bits per heavy atom. The number of hydrazine groups is 1. The lowest BCUT2D eigenvalue weighted by molar-refractivity contribution is 0.484. The SMILES string of the molecule is Cc1cc(C(Cc2ccc(F)cc2Cl)NN)c(C)o1. The summed E-state index contributed by atoms with van der Waals surface area (Å²) in [4.78, 5) is 0. The summed E-state index contributed by atoms with van der Waals surface area (Å²) in [6, 6.07) is 6.18. The lowest BCUT2D eigenvalue weighted by Gasteiger charge is -2.16. The maximum atomic E-state index is 13.0. The summed E-state index contributed by atoms with van der Waals surface area (Å²) >= 11 is 6.03. The van der Waals surface area contributed by atoms with Gasteiger partial charge in [-0.3, -0.25) is 11.3 Å². The van der Waals surface area contributed by atoms with Crippen LogP contribution < -0.4 is 11.3 Å². The molecule has 0 aliphatic heterocycles. The van der Waals surface area contributed by atoms with Gasteiger partial charge in [-0.05, 0) is 44.0 Å². The smallest absolute Gasteiger partial charge is 0.124 e. The Kier molecular flexibility index (Phi) is 4.24. The first kappa shape index (κ1) is 14.1. The van der Waals surface area contributed by atoms with Crippen molar-refractivity contribution in [1.82, 2.24) is 5.43 Å². The van der Waals surface area contributed by atoms with Gasteiger partial charge >= 0.3 is 0 Å². The molecule has 19 heavy (non-hydrogen) atoms. The number of nitrogens with one attached hydrogen (secondary N) is 1. The van der Waals surface area contributed by atoms with Gasteiger partial charge in [0, 0.05) is 10.6 Å². The highest BCUT2D eigenvalue weighted by molar-refractivity contribution is 6.31. The van der Waals surface area contributed by atoms with Gasteiger partial charge in [-0.1, -0.05) is 17.7 Å². The maximum Gasteiger partial charge on any atom is 0.124 e. The Labute approximate surface area is 116 Å². The fourth-order valence-corrected chi connectivity index (χ4v) is 2.41. The zero-order valence-electron chi connectivity index (χ0n) is 10.8. The van der Waals surface area contributed by atoms with E-state index in [-0.39, 0.29) is 11.9 Å². The van der Waals surface area contributed by atoms with Crippen LogP contribution in [0.3, 0.4) is 0 Å². The molecule has 3 N–H and O–H groups in total. The van der Waals surface area contributed by atoms with Crippen LogP contribution in [0.2, 0.25) is 5.02 Å². The monoisotopic (exact) mass is 282 g/mol. The van der Waals surface area contributed by atoms with E-state index in [2.05, 4.69) is 5.43 Å². The second-order valence-corrected chi connectivity index (χ2v) is 4.93. The molecule has 1 unspecified atom stereocenters. The van der Waals surface area contributed by atoms with Crippen molar-refractivity contribution in [3.63, 3.8) is 0 Å². The highest BCUT2D eigenvalue weighted by atomic mass is 35.5. The molecule has 102 valence electrons. The Hall–Kier alpha value is -1.36. The molecule has 0 fully saturated rings. The van der Waals surface area contributed by atoms with Gasteiger partial charge in [-0.2, -0.15) is 0 Å². The Bertz CT molecular complexity index is 583. The van der Waals surface area contributed by atoms with E-state index < -0.39 is 0 Å². The molecule has 0 amide bonds. The number of rotatable bonds is 4. The molecule has 3 nitrogen and oxygen atoms in total. The van der Waals surface area contributed by atoms with Crippen LogP contribution in [-0.2, 0) is 6.42 Å². The summed E-state index contributed by atoms with van der Waals surface area (Å²) in [6.45, 7) is 3.77. The maximum absolute atomic E-state index is 13.0. The van der Waals surface area contributed by atoms with Crippen molar-refractivity contribution in [3.8, 4) is 0 Å². The predicted octanol–water partition coefficient (Wildman–Crippen LogP) is 3.44. The summed E-state index contributed by atoms with van der Waals surface area (Å²) in [5.74, 6) is 6.91.